The third kappa shape index (κ3) is 4.37. The molecule has 0 aliphatic heterocycles. The summed E-state index contributed by atoms with van der Waals surface area (Å²) >= 11 is 1.34. The van der Waals surface area contributed by atoms with Crippen LogP contribution in [-0.4, -0.2) is 28.9 Å². The Morgan fingerprint density at radius 3 is 2.46 bits per heavy atom. The molecule has 26 heavy (non-hydrogen) atoms. The van der Waals surface area contributed by atoms with Crippen molar-refractivity contribution >= 4 is 33.8 Å². The highest BCUT2D eigenvalue weighted by molar-refractivity contribution is 7.14. The van der Waals surface area contributed by atoms with E-state index < -0.39 is 10.8 Å². The van der Waals surface area contributed by atoms with Gasteiger partial charge in [-0.1, -0.05) is 20.8 Å². The van der Waals surface area contributed by atoms with Gasteiger partial charge in [0.15, 0.2) is 5.13 Å². The molecule has 0 fully saturated rings. The van der Waals surface area contributed by atoms with Crippen LogP contribution in [0.4, 0.5) is 16.5 Å². The van der Waals surface area contributed by atoms with E-state index in [2.05, 4.69) is 10.3 Å². The fourth-order valence-corrected chi connectivity index (χ4v) is 3.42. The molecular formula is C18H24N4O3S. The number of rotatable bonds is 6. The molecule has 1 amide bonds. The van der Waals surface area contributed by atoms with Gasteiger partial charge in [-0.3, -0.25) is 20.2 Å². The van der Waals surface area contributed by atoms with Crippen molar-refractivity contribution in [2.75, 3.05) is 23.3 Å². The lowest BCUT2D eigenvalue weighted by molar-refractivity contribution is -0.384. The first kappa shape index (κ1) is 19.8. The second kappa shape index (κ2) is 7.82. The number of nitro benzene ring substituents is 1. The van der Waals surface area contributed by atoms with Crippen LogP contribution in [0.2, 0.25) is 0 Å². The summed E-state index contributed by atoms with van der Waals surface area (Å²) < 4.78 is 0. The Labute approximate surface area is 157 Å². The van der Waals surface area contributed by atoms with E-state index in [4.69, 9.17) is 0 Å². The van der Waals surface area contributed by atoms with Crippen LogP contribution in [0.25, 0.3) is 0 Å². The molecule has 0 radical (unpaired) electrons. The predicted molar refractivity (Wildman–Crippen MR) is 105 cm³/mol. The maximum absolute atomic E-state index is 12.5. The van der Waals surface area contributed by atoms with E-state index in [0.717, 1.165) is 5.69 Å². The third-order valence-electron chi connectivity index (χ3n) is 4.03. The smallest absolute Gasteiger partial charge is 0.293 e. The van der Waals surface area contributed by atoms with Crippen molar-refractivity contribution in [1.82, 2.24) is 4.98 Å². The zero-order valence-corrected chi connectivity index (χ0v) is 16.5. The van der Waals surface area contributed by atoms with Gasteiger partial charge in [-0.25, -0.2) is 4.98 Å². The Kier molecular flexibility index (Phi) is 5.97. The molecule has 1 aromatic heterocycles. The lowest BCUT2D eigenvalue weighted by Gasteiger charge is -2.20. The van der Waals surface area contributed by atoms with Gasteiger partial charge in [-0.2, -0.15) is 0 Å². The van der Waals surface area contributed by atoms with Crippen molar-refractivity contribution in [2.24, 2.45) is 0 Å². The van der Waals surface area contributed by atoms with E-state index in [0.29, 0.717) is 23.9 Å². The Morgan fingerprint density at radius 1 is 1.31 bits per heavy atom. The van der Waals surface area contributed by atoms with Crippen LogP contribution in [0.5, 0.6) is 0 Å². The van der Waals surface area contributed by atoms with E-state index in [1.54, 1.807) is 12.1 Å². The minimum atomic E-state index is -0.453. The highest BCUT2D eigenvalue weighted by Gasteiger charge is 2.22. The number of carbonyl (C=O) groups is 1. The SMILES string of the molecule is CCN(CC)c1ccc(C(=O)Nc2nc(C(C)(C)C)cs2)cc1[N+](=O)[O-]. The summed E-state index contributed by atoms with van der Waals surface area (Å²) in [5.41, 5.74) is 1.46. The average molecular weight is 376 g/mol. The van der Waals surface area contributed by atoms with Gasteiger partial charge in [0, 0.05) is 35.5 Å². The maximum Gasteiger partial charge on any atom is 0.293 e. The number of nitrogens with zero attached hydrogens (tertiary/aromatic N) is 3. The van der Waals surface area contributed by atoms with Crippen LogP contribution in [-0.2, 0) is 5.41 Å². The summed E-state index contributed by atoms with van der Waals surface area (Å²) in [6, 6.07) is 4.55. The summed E-state index contributed by atoms with van der Waals surface area (Å²) in [6.45, 7) is 11.3. The fraction of sp³-hybridized carbons (Fsp3) is 0.444. The van der Waals surface area contributed by atoms with Crippen LogP contribution in [0.15, 0.2) is 23.6 Å². The van der Waals surface area contributed by atoms with E-state index in [9.17, 15) is 14.9 Å². The van der Waals surface area contributed by atoms with Crippen molar-refractivity contribution in [3.05, 3.63) is 45.0 Å². The summed E-state index contributed by atoms with van der Waals surface area (Å²) in [6.07, 6.45) is 0. The number of nitro groups is 1. The molecule has 2 rings (SSSR count). The number of thiazole rings is 1. The number of hydrogen-bond donors (Lipinski definition) is 1. The lowest BCUT2D eigenvalue weighted by atomic mass is 9.93. The minimum absolute atomic E-state index is 0.0733. The molecule has 8 heteroatoms. The third-order valence-corrected chi connectivity index (χ3v) is 4.79. The first-order chi connectivity index (χ1) is 12.2. The quantitative estimate of drug-likeness (QED) is 0.594. The molecule has 1 aromatic carbocycles. The summed E-state index contributed by atoms with van der Waals surface area (Å²) in [4.78, 5) is 29.8. The molecule has 0 aliphatic rings. The minimum Gasteiger partial charge on any atom is -0.367 e. The Bertz CT molecular complexity index is 807. The second-order valence-electron chi connectivity index (χ2n) is 6.87. The van der Waals surface area contributed by atoms with Crippen molar-refractivity contribution in [3.8, 4) is 0 Å². The van der Waals surface area contributed by atoms with Crippen LogP contribution < -0.4 is 10.2 Å². The Hall–Kier alpha value is -2.48. The van der Waals surface area contributed by atoms with Gasteiger partial charge in [0.1, 0.15) is 5.69 Å². The zero-order valence-electron chi connectivity index (χ0n) is 15.7. The molecule has 0 saturated carbocycles. The van der Waals surface area contributed by atoms with Gasteiger partial charge in [0.25, 0.3) is 11.6 Å². The van der Waals surface area contributed by atoms with E-state index in [-0.39, 0.29) is 16.7 Å². The largest absolute Gasteiger partial charge is 0.367 e. The highest BCUT2D eigenvalue weighted by atomic mass is 32.1. The summed E-state index contributed by atoms with van der Waals surface area (Å²) in [7, 11) is 0. The van der Waals surface area contributed by atoms with Crippen LogP contribution >= 0.6 is 11.3 Å². The molecule has 2 aromatic rings. The van der Waals surface area contributed by atoms with Crippen molar-refractivity contribution < 1.29 is 9.72 Å². The highest BCUT2D eigenvalue weighted by Crippen LogP contribution is 2.30. The van der Waals surface area contributed by atoms with Crippen molar-refractivity contribution in [2.45, 2.75) is 40.0 Å². The van der Waals surface area contributed by atoms with Crippen molar-refractivity contribution in [1.29, 1.82) is 0 Å². The molecule has 1 N–H and O–H groups in total. The summed E-state index contributed by atoms with van der Waals surface area (Å²) in [5.74, 6) is -0.408. The Balaban J connectivity index is 2.28. The average Bonchev–Trinajstić information content (AvgIpc) is 3.04. The number of nitrogens with one attached hydrogen (secondary N) is 1. The van der Waals surface area contributed by atoms with Gasteiger partial charge in [-0.15, -0.1) is 11.3 Å². The molecule has 0 unspecified atom stereocenters. The van der Waals surface area contributed by atoms with Crippen LogP contribution in [0, 0.1) is 10.1 Å². The van der Waals surface area contributed by atoms with Crippen LogP contribution in [0.1, 0.15) is 50.7 Å². The molecule has 0 aliphatic carbocycles. The van der Waals surface area contributed by atoms with Gasteiger partial charge >= 0.3 is 0 Å². The molecule has 1 heterocycles. The first-order valence-electron chi connectivity index (χ1n) is 8.48. The molecule has 0 saturated heterocycles. The number of aromatic nitrogens is 1. The fourth-order valence-electron chi connectivity index (χ4n) is 2.49. The summed E-state index contributed by atoms with van der Waals surface area (Å²) in [5, 5.41) is 16.6. The number of hydrogen-bond acceptors (Lipinski definition) is 6. The van der Waals surface area contributed by atoms with Gasteiger partial charge in [0.2, 0.25) is 0 Å². The normalized spacial score (nSPS) is 11.3. The first-order valence-corrected chi connectivity index (χ1v) is 9.36. The van der Waals surface area contributed by atoms with Crippen molar-refractivity contribution in [3.63, 3.8) is 0 Å². The maximum atomic E-state index is 12.5. The molecule has 7 nitrogen and oxygen atoms in total. The van der Waals surface area contributed by atoms with Crippen LogP contribution in [0.3, 0.4) is 0 Å². The predicted octanol–water partition coefficient (Wildman–Crippen LogP) is 4.45. The zero-order chi connectivity index (χ0) is 19.5. The molecular weight excluding hydrogens is 352 g/mol. The number of benzene rings is 1. The van der Waals surface area contributed by atoms with E-state index >= 15 is 0 Å². The van der Waals surface area contributed by atoms with E-state index in [1.165, 1.54) is 17.4 Å². The molecule has 140 valence electrons. The van der Waals surface area contributed by atoms with Gasteiger partial charge < -0.3 is 4.90 Å². The topological polar surface area (TPSA) is 88.4 Å². The van der Waals surface area contributed by atoms with E-state index in [1.807, 2.05) is 44.9 Å². The lowest BCUT2D eigenvalue weighted by Crippen LogP contribution is -2.23. The Morgan fingerprint density at radius 2 is 1.96 bits per heavy atom. The monoisotopic (exact) mass is 376 g/mol. The second-order valence-corrected chi connectivity index (χ2v) is 7.73. The van der Waals surface area contributed by atoms with Gasteiger partial charge in [-0.05, 0) is 26.0 Å². The molecule has 0 bridgehead atoms. The standard InChI is InChI=1S/C18H24N4O3S/c1-6-21(7-2)13-9-8-12(10-14(13)22(24)25)16(23)20-17-19-15(11-26-17)18(3,4)5/h8-11H,6-7H2,1-5H3,(H,19,20,23). The number of carbonyl (C=O) groups excluding carboxylic acids is 1. The molecule has 0 spiro atoms. The number of anilines is 2. The number of amides is 1. The van der Waals surface area contributed by atoms with Gasteiger partial charge in [0.05, 0.1) is 10.6 Å². The molecule has 0 atom stereocenters.